The molecule has 3 aliphatic rings. The molecule has 3 fully saturated rings. The van der Waals surface area contributed by atoms with Crippen LogP contribution < -0.4 is 0 Å². The van der Waals surface area contributed by atoms with Crippen molar-refractivity contribution in [3.05, 3.63) is 48.6 Å². The number of unbranched alkanes of at least 4 members (excludes halogenated alkanes) is 18. The van der Waals surface area contributed by atoms with Crippen molar-refractivity contribution < 1.29 is 9.47 Å². The fraction of sp³-hybridized carbons (Fsp3) is 0.818. The number of nitrogens with zero attached hydrogens (tertiary/aromatic N) is 1. The molecule has 0 bridgehead atoms. The molecule has 0 N–H and O–H groups in total. The summed E-state index contributed by atoms with van der Waals surface area (Å²) in [5.41, 5.74) is 0. The van der Waals surface area contributed by atoms with Crippen molar-refractivity contribution in [2.75, 3.05) is 20.1 Å². The van der Waals surface area contributed by atoms with Gasteiger partial charge in [-0.15, -0.1) is 0 Å². The first kappa shape index (κ1) is 40.3. The maximum atomic E-state index is 6.89. The predicted molar refractivity (Wildman–Crippen MR) is 205 cm³/mol. The number of hydrogen-bond acceptors (Lipinski definition) is 3. The third kappa shape index (κ3) is 16.4. The van der Waals surface area contributed by atoms with E-state index in [4.69, 9.17) is 9.47 Å². The van der Waals surface area contributed by atoms with Gasteiger partial charge in [0.15, 0.2) is 5.79 Å². The summed E-state index contributed by atoms with van der Waals surface area (Å²) in [6.45, 7) is 6.94. The highest BCUT2D eigenvalue weighted by atomic mass is 16.8. The average Bonchev–Trinajstić information content (AvgIpc) is 3.59. The van der Waals surface area contributed by atoms with Crippen LogP contribution in [0.15, 0.2) is 48.6 Å². The molecule has 3 rings (SSSR count). The number of hydrogen-bond donors (Lipinski definition) is 0. The average molecular weight is 652 g/mol. The summed E-state index contributed by atoms with van der Waals surface area (Å²) in [6, 6.07) is 0. The monoisotopic (exact) mass is 652 g/mol. The van der Waals surface area contributed by atoms with Gasteiger partial charge in [0.25, 0.3) is 0 Å². The SMILES string of the molecule is CCCCC/C=C\C/C=C\CCCCCCCCC1(CCCCCCCC/C=C\C/C=C\CCCCC)O[C@@H]2C3CN(C)CC3[C@@H]2O1. The van der Waals surface area contributed by atoms with Crippen LogP contribution in [0.4, 0.5) is 0 Å². The summed E-state index contributed by atoms with van der Waals surface area (Å²) in [5, 5.41) is 0. The molecule has 4 atom stereocenters. The van der Waals surface area contributed by atoms with E-state index in [-0.39, 0.29) is 5.79 Å². The molecule has 0 spiro atoms. The van der Waals surface area contributed by atoms with Crippen LogP contribution in [0, 0.1) is 11.8 Å². The lowest BCUT2D eigenvalue weighted by molar-refractivity contribution is -0.182. The lowest BCUT2D eigenvalue weighted by Gasteiger charge is -2.40. The summed E-state index contributed by atoms with van der Waals surface area (Å²) in [4.78, 5) is 2.48. The summed E-state index contributed by atoms with van der Waals surface area (Å²) >= 11 is 0. The standard InChI is InChI=1S/C44H77NO2/c1-4-6-8-10-12-14-16-18-20-22-24-26-28-30-32-34-36-44(46-42-40-38-45(3)39-41(40)43(42)47-44)37-35-33-31-29-27-25-23-21-19-17-15-13-11-9-7-5-2/h12-15,18-21,40-43H,4-11,16-17,22-39H2,1-3H3/b14-12-,15-13-,20-18-,21-19-/t40?,41?,42-,43+. The minimum Gasteiger partial charge on any atom is -0.344 e. The molecule has 0 aromatic carbocycles. The van der Waals surface area contributed by atoms with Gasteiger partial charge in [0.1, 0.15) is 0 Å². The van der Waals surface area contributed by atoms with Crippen LogP contribution in [0.5, 0.6) is 0 Å². The third-order valence-corrected chi connectivity index (χ3v) is 11.0. The molecule has 3 heteroatoms. The first-order valence-corrected chi connectivity index (χ1v) is 20.8. The number of allylic oxidation sites excluding steroid dienone is 8. The summed E-state index contributed by atoms with van der Waals surface area (Å²) in [7, 11) is 2.26. The Balaban J connectivity index is 1.22. The first-order valence-electron chi connectivity index (χ1n) is 20.8. The van der Waals surface area contributed by atoms with Gasteiger partial charge in [0.05, 0.1) is 12.2 Å². The van der Waals surface area contributed by atoms with Crippen molar-refractivity contribution in [1.82, 2.24) is 4.90 Å². The van der Waals surface area contributed by atoms with Crippen molar-refractivity contribution in [3.63, 3.8) is 0 Å². The quantitative estimate of drug-likeness (QED) is 0.0570. The van der Waals surface area contributed by atoms with Crippen LogP contribution in [0.1, 0.15) is 181 Å². The van der Waals surface area contributed by atoms with Crippen molar-refractivity contribution >= 4 is 0 Å². The molecule has 2 unspecified atom stereocenters. The Morgan fingerprint density at radius 2 is 0.809 bits per heavy atom. The van der Waals surface area contributed by atoms with Gasteiger partial charge in [-0.25, -0.2) is 0 Å². The van der Waals surface area contributed by atoms with Gasteiger partial charge >= 0.3 is 0 Å². The molecule has 1 saturated carbocycles. The van der Waals surface area contributed by atoms with Crippen LogP contribution in [-0.4, -0.2) is 43.0 Å². The maximum Gasteiger partial charge on any atom is 0.169 e. The molecule has 2 saturated heterocycles. The second kappa shape index (κ2) is 25.8. The summed E-state index contributed by atoms with van der Waals surface area (Å²) < 4.78 is 13.8. The second-order valence-corrected chi connectivity index (χ2v) is 15.3. The van der Waals surface area contributed by atoms with E-state index in [9.17, 15) is 0 Å². The molecule has 1 aliphatic carbocycles. The number of ether oxygens (including phenoxy) is 2. The van der Waals surface area contributed by atoms with Gasteiger partial charge in [-0.3, -0.25) is 0 Å². The van der Waals surface area contributed by atoms with Crippen LogP contribution in [0.3, 0.4) is 0 Å². The van der Waals surface area contributed by atoms with Gasteiger partial charge in [-0.2, -0.15) is 0 Å². The zero-order chi connectivity index (χ0) is 33.3. The number of fused-ring (bicyclic) bond motifs is 4. The lowest BCUT2D eigenvalue weighted by Crippen LogP contribution is -2.52. The smallest absolute Gasteiger partial charge is 0.169 e. The van der Waals surface area contributed by atoms with Crippen molar-refractivity contribution in [2.24, 2.45) is 11.8 Å². The van der Waals surface area contributed by atoms with E-state index in [0.29, 0.717) is 24.0 Å². The van der Waals surface area contributed by atoms with Crippen LogP contribution in [-0.2, 0) is 9.47 Å². The Morgan fingerprint density at radius 3 is 1.19 bits per heavy atom. The Kier molecular flexibility index (Phi) is 22.1. The minimum absolute atomic E-state index is 0.289. The second-order valence-electron chi connectivity index (χ2n) is 15.3. The Bertz CT molecular complexity index is 804. The first-order chi connectivity index (χ1) is 23.2. The molecule has 3 nitrogen and oxygen atoms in total. The molecule has 270 valence electrons. The fourth-order valence-electron chi connectivity index (χ4n) is 8.06. The van der Waals surface area contributed by atoms with Crippen molar-refractivity contribution in [2.45, 2.75) is 199 Å². The highest BCUT2D eigenvalue weighted by Crippen LogP contribution is 2.53. The van der Waals surface area contributed by atoms with Crippen molar-refractivity contribution in [3.8, 4) is 0 Å². The molecule has 0 aromatic rings. The molecular formula is C44H77NO2. The van der Waals surface area contributed by atoms with Crippen molar-refractivity contribution in [1.29, 1.82) is 0 Å². The molecule has 0 amide bonds. The van der Waals surface area contributed by atoms with Gasteiger partial charge < -0.3 is 14.4 Å². The van der Waals surface area contributed by atoms with E-state index in [1.54, 1.807) is 0 Å². The zero-order valence-electron chi connectivity index (χ0n) is 31.5. The Hall–Kier alpha value is -1.16. The van der Waals surface area contributed by atoms with E-state index in [2.05, 4.69) is 74.4 Å². The molecule has 0 aromatic heterocycles. The van der Waals surface area contributed by atoms with E-state index >= 15 is 0 Å². The Morgan fingerprint density at radius 1 is 0.468 bits per heavy atom. The molecule has 0 radical (unpaired) electrons. The Labute approximate surface area is 293 Å². The van der Waals surface area contributed by atoms with E-state index in [0.717, 1.165) is 25.7 Å². The highest BCUT2D eigenvalue weighted by Gasteiger charge is 2.63. The van der Waals surface area contributed by atoms with E-state index < -0.39 is 0 Å². The van der Waals surface area contributed by atoms with Crippen LogP contribution >= 0.6 is 0 Å². The maximum absolute atomic E-state index is 6.89. The number of likely N-dealkylation sites (tertiary alicyclic amines) is 1. The van der Waals surface area contributed by atoms with E-state index in [1.165, 1.54) is 154 Å². The minimum atomic E-state index is -0.289. The van der Waals surface area contributed by atoms with Gasteiger partial charge in [0.2, 0.25) is 0 Å². The van der Waals surface area contributed by atoms with Crippen LogP contribution in [0.2, 0.25) is 0 Å². The fourth-order valence-corrected chi connectivity index (χ4v) is 8.06. The topological polar surface area (TPSA) is 21.7 Å². The zero-order valence-corrected chi connectivity index (χ0v) is 31.5. The summed E-state index contributed by atoms with van der Waals surface area (Å²) in [5.74, 6) is 1.13. The number of rotatable bonds is 30. The molecule has 47 heavy (non-hydrogen) atoms. The molecule has 2 heterocycles. The third-order valence-electron chi connectivity index (χ3n) is 11.0. The summed E-state index contributed by atoms with van der Waals surface area (Å²) in [6.07, 6.45) is 53.0. The van der Waals surface area contributed by atoms with Gasteiger partial charge in [-0.1, -0.05) is 140 Å². The molecular weight excluding hydrogens is 574 g/mol. The van der Waals surface area contributed by atoms with Crippen LogP contribution in [0.25, 0.3) is 0 Å². The lowest BCUT2D eigenvalue weighted by atomic mass is 9.71. The van der Waals surface area contributed by atoms with Gasteiger partial charge in [0, 0.05) is 37.8 Å². The largest absolute Gasteiger partial charge is 0.344 e. The van der Waals surface area contributed by atoms with Gasteiger partial charge in [-0.05, 0) is 84.1 Å². The molecule has 2 aliphatic heterocycles. The predicted octanol–water partition coefficient (Wildman–Crippen LogP) is 13.1. The normalized spacial score (nSPS) is 24.0. The van der Waals surface area contributed by atoms with E-state index in [1.807, 2.05) is 0 Å². The highest BCUT2D eigenvalue weighted by molar-refractivity contribution is 5.09.